The Morgan fingerprint density at radius 3 is 2.61 bits per heavy atom. The molecular formula is C18H18ClN3O. The lowest BCUT2D eigenvalue weighted by molar-refractivity contribution is 0.628. The van der Waals surface area contributed by atoms with Gasteiger partial charge in [0, 0.05) is 23.7 Å². The van der Waals surface area contributed by atoms with Crippen LogP contribution in [0.2, 0.25) is 5.02 Å². The van der Waals surface area contributed by atoms with Crippen LogP contribution in [0.15, 0.2) is 47.3 Å². The molecule has 0 atom stereocenters. The maximum Gasteiger partial charge on any atom is 0.261 e. The molecule has 0 aliphatic rings. The summed E-state index contributed by atoms with van der Waals surface area (Å²) in [5, 5.41) is 4.16. The van der Waals surface area contributed by atoms with Crippen LogP contribution in [0.5, 0.6) is 0 Å². The number of halogens is 1. The third kappa shape index (κ3) is 3.14. The van der Waals surface area contributed by atoms with Gasteiger partial charge in [-0.3, -0.25) is 9.36 Å². The second kappa shape index (κ2) is 6.52. The summed E-state index contributed by atoms with van der Waals surface area (Å²) in [5.74, 6) is 0.681. The molecule has 0 aliphatic heterocycles. The minimum atomic E-state index is -0.0664. The van der Waals surface area contributed by atoms with Gasteiger partial charge in [0.1, 0.15) is 5.82 Å². The van der Waals surface area contributed by atoms with E-state index in [0.717, 1.165) is 5.56 Å². The molecule has 0 fully saturated rings. The molecule has 1 aromatic heterocycles. The van der Waals surface area contributed by atoms with Crippen LogP contribution in [0.4, 0.5) is 0 Å². The van der Waals surface area contributed by atoms with Crippen molar-refractivity contribution in [3.05, 3.63) is 63.4 Å². The minimum Gasteiger partial charge on any atom is -0.318 e. The van der Waals surface area contributed by atoms with E-state index in [9.17, 15) is 4.79 Å². The summed E-state index contributed by atoms with van der Waals surface area (Å²) in [6, 6.07) is 13.3. The molecular weight excluding hydrogens is 310 g/mol. The maximum atomic E-state index is 12.9. The highest BCUT2D eigenvalue weighted by molar-refractivity contribution is 6.31. The molecule has 0 unspecified atom stereocenters. The SMILES string of the molecule is CNCCn1c(-c2ccc(C)cc2)nc2ccc(Cl)cc2c1=O. The predicted molar refractivity (Wildman–Crippen MR) is 95.1 cm³/mol. The Balaban J connectivity index is 2.27. The van der Waals surface area contributed by atoms with E-state index in [-0.39, 0.29) is 5.56 Å². The van der Waals surface area contributed by atoms with Gasteiger partial charge >= 0.3 is 0 Å². The van der Waals surface area contributed by atoms with Crippen LogP contribution in [-0.2, 0) is 6.54 Å². The van der Waals surface area contributed by atoms with Gasteiger partial charge in [-0.25, -0.2) is 4.98 Å². The van der Waals surface area contributed by atoms with E-state index >= 15 is 0 Å². The first-order valence-electron chi connectivity index (χ1n) is 7.52. The van der Waals surface area contributed by atoms with E-state index in [2.05, 4.69) is 5.32 Å². The van der Waals surface area contributed by atoms with Gasteiger partial charge in [0.05, 0.1) is 10.9 Å². The number of hydrogen-bond acceptors (Lipinski definition) is 3. The van der Waals surface area contributed by atoms with Crippen molar-refractivity contribution in [1.82, 2.24) is 14.9 Å². The van der Waals surface area contributed by atoms with Gasteiger partial charge in [-0.1, -0.05) is 41.4 Å². The van der Waals surface area contributed by atoms with Crippen molar-refractivity contribution in [2.24, 2.45) is 0 Å². The van der Waals surface area contributed by atoms with Gasteiger partial charge in [-0.2, -0.15) is 0 Å². The summed E-state index contributed by atoms with van der Waals surface area (Å²) >= 11 is 6.03. The predicted octanol–water partition coefficient (Wildman–Crippen LogP) is 3.24. The van der Waals surface area contributed by atoms with Crippen LogP contribution < -0.4 is 10.9 Å². The number of fused-ring (bicyclic) bond motifs is 1. The molecule has 0 amide bonds. The zero-order chi connectivity index (χ0) is 16.4. The van der Waals surface area contributed by atoms with Crippen molar-refractivity contribution in [3.8, 4) is 11.4 Å². The van der Waals surface area contributed by atoms with E-state index in [4.69, 9.17) is 16.6 Å². The number of nitrogens with zero attached hydrogens (tertiary/aromatic N) is 2. The molecule has 5 heteroatoms. The minimum absolute atomic E-state index is 0.0664. The Hall–Kier alpha value is -2.17. The number of benzene rings is 2. The fourth-order valence-electron chi connectivity index (χ4n) is 2.55. The highest BCUT2D eigenvalue weighted by Gasteiger charge is 2.12. The molecule has 1 heterocycles. The van der Waals surface area contributed by atoms with Crippen LogP contribution in [0.1, 0.15) is 5.56 Å². The highest BCUT2D eigenvalue weighted by atomic mass is 35.5. The van der Waals surface area contributed by atoms with Crippen LogP contribution in [0, 0.1) is 6.92 Å². The van der Waals surface area contributed by atoms with E-state index in [1.807, 2.05) is 38.2 Å². The lowest BCUT2D eigenvalue weighted by Gasteiger charge is -2.14. The standard InChI is InChI=1S/C18H18ClN3O/c1-12-3-5-13(6-4-12)17-21-16-8-7-14(19)11-15(16)18(23)22(17)10-9-20-2/h3-8,11,20H,9-10H2,1-2H3. The molecule has 23 heavy (non-hydrogen) atoms. The van der Waals surface area contributed by atoms with Crippen molar-refractivity contribution < 1.29 is 0 Å². The lowest BCUT2D eigenvalue weighted by Crippen LogP contribution is -2.28. The van der Waals surface area contributed by atoms with E-state index < -0.39 is 0 Å². The van der Waals surface area contributed by atoms with Gasteiger partial charge in [0.25, 0.3) is 5.56 Å². The molecule has 0 radical (unpaired) electrons. The molecule has 0 saturated carbocycles. The van der Waals surface area contributed by atoms with E-state index in [0.29, 0.717) is 34.8 Å². The molecule has 4 nitrogen and oxygen atoms in total. The second-order valence-corrected chi connectivity index (χ2v) is 5.96. The number of aromatic nitrogens is 2. The third-order valence-electron chi connectivity index (χ3n) is 3.81. The largest absolute Gasteiger partial charge is 0.318 e. The fraction of sp³-hybridized carbons (Fsp3) is 0.222. The number of hydrogen-bond donors (Lipinski definition) is 1. The van der Waals surface area contributed by atoms with Crippen molar-refractivity contribution in [1.29, 1.82) is 0 Å². The molecule has 0 spiro atoms. The zero-order valence-corrected chi connectivity index (χ0v) is 13.9. The normalized spacial score (nSPS) is 11.1. The molecule has 0 bridgehead atoms. The summed E-state index contributed by atoms with van der Waals surface area (Å²) in [5.41, 5.74) is 2.70. The molecule has 0 saturated heterocycles. The molecule has 118 valence electrons. The topological polar surface area (TPSA) is 46.9 Å². The Kier molecular flexibility index (Phi) is 4.46. The average Bonchev–Trinajstić information content (AvgIpc) is 2.55. The van der Waals surface area contributed by atoms with Gasteiger partial charge in [0.2, 0.25) is 0 Å². The Bertz CT molecular complexity index is 901. The summed E-state index contributed by atoms with van der Waals surface area (Å²) in [6.45, 7) is 3.27. The first-order valence-corrected chi connectivity index (χ1v) is 7.89. The van der Waals surface area contributed by atoms with E-state index in [1.54, 1.807) is 22.8 Å². The van der Waals surface area contributed by atoms with Gasteiger partial charge in [0.15, 0.2) is 0 Å². The molecule has 0 aliphatic carbocycles. The molecule has 3 aromatic rings. The summed E-state index contributed by atoms with van der Waals surface area (Å²) in [6.07, 6.45) is 0. The zero-order valence-electron chi connectivity index (χ0n) is 13.1. The summed E-state index contributed by atoms with van der Waals surface area (Å²) in [7, 11) is 1.86. The quantitative estimate of drug-likeness (QED) is 0.800. The number of aryl methyl sites for hydroxylation is 1. The van der Waals surface area contributed by atoms with Crippen LogP contribution in [0.25, 0.3) is 22.3 Å². The average molecular weight is 328 g/mol. The molecule has 3 rings (SSSR count). The maximum absolute atomic E-state index is 12.9. The Labute approximate surface area is 139 Å². The van der Waals surface area contributed by atoms with Crippen LogP contribution >= 0.6 is 11.6 Å². The fourth-order valence-corrected chi connectivity index (χ4v) is 2.72. The van der Waals surface area contributed by atoms with Gasteiger partial charge in [-0.05, 0) is 32.2 Å². The summed E-state index contributed by atoms with van der Waals surface area (Å²) in [4.78, 5) is 17.6. The first-order chi connectivity index (χ1) is 11.1. The van der Waals surface area contributed by atoms with Crippen molar-refractivity contribution in [3.63, 3.8) is 0 Å². The van der Waals surface area contributed by atoms with Gasteiger partial charge < -0.3 is 5.32 Å². The third-order valence-corrected chi connectivity index (χ3v) is 4.05. The number of rotatable bonds is 4. The number of likely N-dealkylation sites (N-methyl/N-ethyl adjacent to an activating group) is 1. The first kappa shape index (κ1) is 15.7. The smallest absolute Gasteiger partial charge is 0.261 e. The van der Waals surface area contributed by atoms with Crippen molar-refractivity contribution in [2.75, 3.05) is 13.6 Å². The number of nitrogens with one attached hydrogen (secondary N) is 1. The van der Waals surface area contributed by atoms with Crippen LogP contribution in [0.3, 0.4) is 0 Å². The highest BCUT2D eigenvalue weighted by Crippen LogP contribution is 2.21. The van der Waals surface area contributed by atoms with Crippen molar-refractivity contribution in [2.45, 2.75) is 13.5 Å². The lowest BCUT2D eigenvalue weighted by atomic mass is 10.1. The molecule has 1 N–H and O–H groups in total. The van der Waals surface area contributed by atoms with Gasteiger partial charge in [-0.15, -0.1) is 0 Å². The Morgan fingerprint density at radius 1 is 1.17 bits per heavy atom. The summed E-state index contributed by atoms with van der Waals surface area (Å²) < 4.78 is 1.71. The monoisotopic (exact) mass is 327 g/mol. The Morgan fingerprint density at radius 2 is 1.91 bits per heavy atom. The second-order valence-electron chi connectivity index (χ2n) is 5.52. The van der Waals surface area contributed by atoms with Crippen LogP contribution in [-0.4, -0.2) is 23.1 Å². The van der Waals surface area contributed by atoms with E-state index in [1.165, 1.54) is 5.56 Å². The van der Waals surface area contributed by atoms with Crippen molar-refractivity contribution >= 4 is 22.5 Å². The molecule has 2 aromatic carbocycles.